The van der Waals surface area contributed by atoms with Crippen LogP contribution in [0.25, 0.3) is 0 Å². The third-order valence-electron chi connectivity index (χ3n) is 8.40. The lowest BCUT2D eigenvalue weighted by atomic mass is 9.77. The van der Waals surface area contributed by atoms with Crippen molar-refractivity contribution >= 4 is 0 Å². The summed E-state index contributed by atoms with van der Waals surface area (Å²) in [5, 5.41) is 0. The smallest absolute Gasteiger partial charge is 0.0635 e. The van der Waals surface area contributed by atoms with Crippen molar-refractivity contribution in [3.05, 3.63) is 0 Å². The molecule has 2 saturated heterocycles. The fourth-order valence-electron chi connectivity index (χ4n) is 6.39. The van der Waals surface area contributed by atoms with Crippen molar-refractivity contribution in [2.24, 2.45) is 11.8 Å². The Bertz CT molecular complexity index is 405. The minimum absolute atomic E-state index is 0.450. The Morgan fingerprint density at radius 1 is 0.562 bits per heavy atom. The maximum atomic E-state index is 6.79. The molecule has 0 aromatic rings. The van der Waals surface area contributed by atoms with Crippen molar-refractivity contribution in [3.63, 3.8) is 0 Å². The average molecular weight is 451 g/mol. The Hall–Kier alpha value is -0.0800. The van der Waals surface area contributed by atoms with Gasteiger partial charge in [0.1, 0.15) is 0 Å². The zero-order chi connectivity index (χ0) is 23.0. The third-order valence-corrected chi connectivity index (χ3v) is 8.40. The fourth-order valence-corrected chi connectivity index (χ4v) is 6.39. The van der Waals surface area contributed by atoms with E-state index in [2.05, 4.69) is 27.7 Å². The van der Waals surface area contributed by atoms with Gasteiger partial charge in [0.2, 0.25) is 0 Å². The Morgan fingerprint density at radius 2 is 1.03 bits per heavy atom. The molecule has 0 spiro atoms. The van der Waals surface area contributed by atoms with Crippen molar-refractivity contribution in [2.75, 3.05) is 0 Å². The highest BCUT2D eigenvalue weighted by atomic mass is 16.5. The van der Waals surface area contributed by atoms with Gasteiger partial charge in [-0.2, -0.15) is 0 Å². The van der Waals surface area contributed by atoms with E-state index in [9.17, 15) is 0 Å². The van der Waals surface area contributed by atoms with Gasteiger partial charge in [0.15, 0.2) is 0 Å². The molecule has 2 nitrogen and oxygen atoms in total. The van der Waals surface area contributed by atoms with Crippen LogP contribution in [0.4, 0.5) is 0 Å². The molecule has 2 aliphatic rings. The first kappa shape index (κ1) is 28.2. The van der Waals surface area contributed by atoms with Crippen LogP contribution < -0.4 is 0 Å². The summed E-state index contributed by atoms with van der Waals surface area (Å²) >= 11 is 0. The molecule has 2 aliphatic heterocycles. The van der Waals surface area contributed by atoms with E-state index in [1.807, 2.05) is 0 Å². The molecular formula is C30H58O2. The summed E-state index contributed by atoms with van der Waals surface area (Å²) in [6.45, 7) is 9.35. The van der Waals surface area contributed by atoms with Crippen LogP contribution in [0.3, 0.4) is 0 Å². The van der Waals surface area contributed by atoms with Crippen molar-refractivity contribution in [1.29, 1.82) is 0 Å². The first-order chi connectivity index (χ1) is 15.7. The normalized spacial score (nSPS) is 27.8. The Balaban J connectivity index is 1.86. The highest BCUT2D eigenvalue weighted by Crippen LogP contribution is 2.42. The van der Waals surface area contributed by atoms with E-state index in [1.165, 1.54) is 128 Å². The van der Waals surface area contributed by atoms with E-state index in [0.29, 0.717) is 30.3 Å². The third kappa shape index (κ3) is 10.0. The van der Waals surface area contributed by atoms with E-state index >= 15 is 0 Å². The van der Waals surface area contributed by atoms with E-state index in [0.717, 1.165) is 5.92 Å². The molecule has 0 aromatic carbocycles. The Kier molecular flexibility index (Phi) is 15.3. The fraction of sp³-hybridized carbons (Fsp3) is 1.00. The van der Waals surface area contributed by atoms with Crippen molar-refractivity contribution < 1.29 is 9.47 Å². The molecule has 0 aliphatic carbocycles. The second-order valence-electron chi connectivity index (χ2n) is 11.0. The molecular weight excluding hydrogens is 392 g/mol. The molecule has 2 heterocycles. The van der Waals surface area contributed by atoms with Gasteiger partial charge >= 0.3 is 0 Å². The van der Waals surface area contributed by atoms with Crippen LogP contribution in [-0.2, 0) is 9.47 Å². The molecule has 5 unspecified atom stereocenters. The van der Waals surface area contributed by atoms with Crippen LogP contribution in [0.15, 0.2) is 0 Å². The molecule has 32 heavy (non-hydrogen) atoms. The molecule has 0 amide bonds. The van der Waals surface area contributed by atoms with Gasteiger partial charge in [-0.1, -0.05) is 118 Å². The van der Waals surface area contributed by atoms with Gasteiger partial charge in [-0.05, 0) is 44.4 Å². The summed E-state index contributed by atoms with van der Waals surface area (Å²) in [6, 6.07) is 0. The maximum Gasteiger partial charge on any atom is 0.0635 e. The molecule has 2 rings (SSSR count). The van der Waals surface area contributed by atoms with Gasteiger partial charge in [0, 0.05) is 5.92 Å². The summed E-state index contributed by atoms with van der Waals surface area (Å²) in [5.74, 6) is 1.40. The summed E-state index contributed by atoms with van der Waals surface area (Å²) in [7, 11) is 0. The molecule has 190 valence electrons. The van der Waals surface area contributed by atoms with Crippen LogP contribution in [0.1, 0.15) is 156 Å². The van der Waals surface area contributed by atoms with Crippen LogP contribution >= 0.6 is 0 Å². The number of hydrogen-bond donors (Lipinski definition) is 0. The number of ether oxygens (including phenoxy) is 2. The molecule has 2 heteroatoms. The van der Waals surface area contributed by atoms with Gasteiger partial charge in [-0.25, -0.2) is 0 Å². The van der Waals surface area contributed by atoms with Crippen LogP contribution in [0, 0.1) is 11.8 Å². The van der Waals surface area contributed by atoms with Gasteiger partial charge < -0.3 is 9.47 Å². The molecule has 5 atom stereocenters. The first-order valence-corrected chi connectivity index (χ1v) is 15.0. The lowest BCUT2D eigenvalue weighted by molar-refractivity contribution is -0.0831. The van der Waals surface area contributed by atoms with Gasteiger partial charge in [0.05, 0.1) is 24.4 Å². The summed E-state index contributed by atoms with van der Waals surface area (Å²) in [5.41, 5.74) is 0. The average Bonchev–Trinajstić information content (AvgIpc) is 3.46. The lowest BCUT2D eigenvalue weighted by Gasteiger charge is -2.35. The summed E-state index contributed by atoms with van der Waals surface area (Å²) < 4.78 is 13.6. The zero-order valence-corrected chi connectivity index (χ0v) is 22.4. The standard InChI is InChI=1S/C30H58O2/c1-5-9-12-14-16-19-26-21-23-28(31-26)30(25(8-4)18-11-7-3)29-24-22-27(32-29)20-17-15-13-10-6-2/h25-30H,5-24H2,1-4H3. The van der Waals surface area contributed by atoms with Gasteiger partial charge in [-0.15, -0.1) is 0 Å². The zero-order valence-electron chi connectivity index (χ0n) is 22.4. The van der Waals surface area contributed by atoms with Crippen LogP contribution in [0.2, 0.25) is 0 Å². The van der Waals surface area contributed by atoms with E-state index in [-0.39, 0.29) is 0 Å². The second-order valence-corrected chi connectivity index (χ2v) is 11.0. The van der Waals surface area contributed by atoms with Gasteiger partial charge in [-0.3, -0.25) is 0 Å². The van der Waals surface area contributed by atoms with E-state index in [1.54, 1.807) is 0 Å². The molecule has 0 bridgehead atoms. The van der Waals surface area contributed by atoms with E-state index < -0.39 is 0 Å². The van der Waals surface area contributed by atoms with Crippen molar-refractivity contribution in [3.8, 4) is 0 Å². The maximum absolute atomic E-state index is 6.79. The molecule has 0 aromatic heterocycles. The number of unbranched alkanes of at least 4 members (excludes halogenated alkanes) is 9. The Morgan fingerprint density at radius 3 is 1.47 bits per heavy atom. The van der Waals surface area contributed by atoms with E-state index in [4.69, 9.17) is 9.47 Å². The lowest BCUT2D eigenvalue weighted by Crippen LogP contribution is -2.38. The Labute approximate surface area is 202 Å². The highest BCUT2D eigenvalue weighted by Gasteiger charge is 2.42. The van der Waals surface area contributed by atoms with Gasteiger partial charge in [0.25, 0.3) is 0 Å². The largest absolute Gasteiger partial charge is 0.375 e. The quantitative estimate of drug-likeness (QED) is 0.182. The number of rotatable bonds is 19. The summed E-state index contributed by atoms with van der Waals surface area (Å²) in [6.07, 6.45) is 28.7. The van der Waals surface area contributed by atoms with Crippen LogP contribution in [0.5, 0.6) is 0 Å². The highest BCUT2D eigenvalue weighted by molar-refractivity contribution is 4.91. The first-order valence-electron chi connectivity index (χ1n) is 15.0. The van der Waals surface area contributed by atoms with Crippen LogP contribution in [-0.4, -0.2) is 24.4 Å². The van der Waals surface area contributed by atoms with Crippen molar-refractivity contribution in [1.82, 2.24) is 0 Å². The predicted octanol–water partition coefficient (Wildman–Crippen LogP) is 9.64. The number of hydrogen-bond acceptors (Lipinski definition) is 2. The van der Waals surface area contributed by atoms with Crippen molar-refractivity contribution in [2.45, 2.75) is 181 Å². The molecule has 0 radical (unpaired) electrons. The minimum Gasteiger partial charge on any atom is -0.375 e. The molecule has 0 saturated carbocycles. The summed E-state index contributed by atoms with van der Waals surface area (Å²) in [4.78, 5) is 0. The minimum atomic E-state index is 0.450. The topological polar surface area (TPSA) is 18.5 Å². The monoisotopic (exact) mass is 450 g/mol. The second kappa shape index (κ2) is 17.4. The SMILES string of the molecule is CCCCCCCC1CCC(C(C(CC)CCCC)C2CCC(CCCCCCC)O2)O1. The predicted molar refractivity (Wildman–Crippen MR) is 139 cm³/mol. The molecule has 2 fully saturated rings. The molecule has 0 N–H and O–H groups in total.